The van der Waals surface area contributed by atoms with Gasteiger partial charge in [0.1, 0.15) is 18.4 Å². The number of benzene rings is 2. The standard InChI is InChI=1S/C25H34N4O8S2/c1-4-23(28(38(3,33)34)24-18-20(29(31)32)9-8-19(24)2)25(30)26-14-17-37-21-10-12-22(13-11-21)39(35,36)27-15-6-5-7-16-27/h8-13,18,23H,4-7,14-17H2,1-3H3,(H,26,30). The highest BCUT2D eigenvalue weighted by molar-refractivity contribution is 7.92. The number of nitro groups is 1. The van der Waals surface area contributed by atoms with Crippen LogP contribution in [0.3, 0.4) is 0 Å². The number of anilines is 1. The summed E-state index contributed by atoms with van der Waals surface area (Å²) in [5.74, 6) is -0.167. The second-order valence-electron chi connectivity index (χ2n) is 9.29. The molecule has 14 heteroatoms. The zero-order chi connectivity index (χ0) is 28.8. The Kier molecular flexibility index (Phi) is 9.91. The van der Waals surface area contributed by atoms with Crippen molar-refractivity contribution in [3.63, 3.8) is 0 Å². The minimum atomic E-state index is -3.97. The van der Waals surface area contributed by atoms with Crippen LogP contribution in [0.5, 0.6) is 5.75 Å². The van der Waals surface area contributed by atoms with E-state index >= 15 is 0 Å². The molecule has 1 N–H and O–H groups in total. The van der Waals surface area contributed by atoms with Crippen molar-refractivity contribution in [2.75, 3.05) is 36.8 Å². The molecule has 2 aromatic carbocycles. The number of non-ortho nitro benzene ring substituents is 1. The van der Waals surface area contributed by atoms with E-state index in [0.717, 1.165) is 35.9 Å². The first-order valence-corrected chi connectivity index (χ1v) is 15.9. The summed E-state index contributed by atoms with van der Waals surface area (Å²) in [6.45, 7) is 4.38. The molecule has 1 heterocycles. The van der Waals surface area contributed by atoms with Crippen LogP contribution in [0.4, 0.5) is 11.4 Å². The van der Waals surface area contributed by atoms with Crippen molar-refractivity contribution in [1.82, 2.24) is 9.62 Å². The Morgan fingerprint density at radius 3 is 2.31 bits per heavy atom. The van der Waals surface area contributed by atoms with Crippen molar-refractivity contribution < 1.29 is 31.3 Å². The number of carbonyl (C=O) groups is 1. The smallest absolute Gasteiger partial charge is 0.271 e. The lowest BCUT2D eigenvalue weighted by Crippen LogP contribution is -2.50. The minimum Gasteiger partial charge on any atom is -0.492 e. The maximum atomic E-state index is 13.0. The monoisotopic (exact) mass is 582 g/mol. The Balaban J connectivity index is 1.63. The molecular formula is C25H34N4O8S2. The number of ether oxygens (including phenoxy) is 1. The van der Waals surface area contributed by atoms with E-state index in [9.17, 15) is 31.7 Å². The molecule has 12 nitrogen and oxygen atoms in total. The molecule has 0 aliphatic carbocycles. The molecule has 2 aromatic rings. The highest BCUT2D eigenvalue weighted by Crippen LogP contribution is 2.30. The van der Waals surface area contributed by atoms with Crippen LogP contribution >= 0.6 is 0 Å². The number of nitrogens with zero attached hydrogens (tertiary/aromatic N) is 3. The van der Waals surface area contributed by atoms with Gasteiger partial charge in [-0.15, -0.1) is 0 Å². The second kappa shape index (κ2) is 12.7. The van der Waals surface area contributed by atoms with Gasteiger partial charge in [0.05, 0.1) is 28.3 Å². The van der Waals surface area contributed by atoms with Crippen LogP contribution in [-0.2, 0) is 24.8 Å². The maximum absolute atomic E-state index is 13.0. The van der Waals surface area contributed by atoms with Gasteiger partial charge in [-0.25, -0.2) is 16.8 Å². The highest BCUT2D eigenvalue weighted by atomic mass is 32.2. The molecule has 214 valence electrons. The van der Waals surface area contributed by atoms with E-state index in [2.05, 4.69) is 5.32 Å². The number of hydrogen-bond acceptors (Lipinski definition) is 8. The van der Waals surface area contributed by atoms with Crippen LogP contribution in [0.2, 0.25) is 0 Å². The molecule has 3 rings (SSSR count). The molecule has 0 spiro atoms. The lowest BCUT2D eigenvalue weighted by molar-refractivity contribution is -0.384. The Hall–Kier alpha value is -3.23. The van der Waals surface area contributed by atoms with E-state index in [4.69, 9.17) is 4.74 Å². The molecule has 1 amide bonds. The second-order valence-corrected chi connectivity index (χ2v) is 13.1. The molecule has 1 unspecified atom stereocenters. The van der Waals surface area contributed by atoms with Gasteiger partial charge < -0.3 is 10.1 Å². The highest BCUT2D eigenvalue weighted by Gasteiger charge is 2.33. The first kappa shape index (κ1) is 30.3. The molecule has 1 saturated heterocycles. The molecular weight excluding hydrogens is 548 g/mol. The van der Waals surface area contributed by atoms with Crippen molar-refractivity contribution >= 4 is 37.3 Å². The Labute approximate surface area is 229 Å². The average Bonchev–Trinajstić information content (AvgIpc) is 2.90. The van der Waals surface area contributed by atoms with Gasteiger partial charge in [0.25, 0.3) is 5.69 Å². The van der Waals surface area contributed by atoms with Gasteiger partial charge in [-0.05, 0) is 56.0 Å². The predicted molar refractivity (Wildman–Crippen MR) is 147 cm³/mol. The maximum Gasteiger partial charge on any atom is 0.271 e. The Morgan fingerprint density at radius 1 is 1.10 bits per heavy atom. The summed E-state index contributed by atoms with van der Waals surface area (Å²) < 4.78 is 59.0. The Morgan fingerprint density at radius 2 is 1.74 bits per heavy atom. The number of sulfonamides is 2. The van der Waals surface area contributed by atoms with Gasteiger partial charge in [-0.1, -0.05) is 19.4 Å². The fourth-order valence-electron chi connectivity index (χ4n) is 4.41. The van der Waals surface area contributed by atoms with Crippen molar-refractivity contribution in [3.8, 4) is 5.75 Å². The van der Waals surface area contributed by atoms with E-state index in [0.29, 0.717) is 24.4 Å². The molecule has 1 fully saturated rings. The first-order valence-electron chi connectivity index (χ1n) is 12.6. The summed E-state index contributed by atoms with van der Waals surface area (Å²) in [7, 11) is -7.52. The number of carbonyl (C=O) groups excluding carboxylic acids is 1. The van der Waals surface area contributed by atoms with Crippen molar-refractivity contribution in [3.05, 3.63) is 58.1 Å². The summed E-state index contributed by atoms with van der Waals surface area (Å²) in [5, 5.41) is 13.9. The van der Waals surface area contributed by atoms with Crippen LogP contribution in [0.15, 0.2) is 47.4 Å². The topological polar surface area (TPSA) is 156 Å². The molecule has 0 radical (unpaired) electrons. The number of nitrogens with one attached hydrogen (secondary N) is 1. The van der Waals surface area contributed by atoms with E-state index in [1.807, 2.05) is 0 Å². The van der Waals surface area contributed by atoms with Gasteiger partial charge in [0, 0.05) is 25.2 Å². The zero-order valence-corrected chi connectivity index (χ0v) is 23.8. The van der Waals surface area contributed by atoms with Gasteiger partial charge in [0.15, 0.2) is 0 Å². The lowest BCUT2D eigenvalue weighted by atomic mass is 10.1. The van der Waals surface area contributed by atoms with Crippen LogP contribution in [0.25, 0.3) is 0 Å². The van der Waals surface area contributed by atoms with Gasteiger partial charge in [0.2, 0.25) is 26.0 Å². The summed E-state index contributed by atoms with van der Waals surface area (Å²) in [5.41, 5.74) is 0.235. The summed E-state index contributed by atoms with van der Waals surface area (Å²) in [4.78, 5) is 23.8. The molecule has 1 aliphatic rings. The molecule has 1 atom stereocenters. The number of nitro benzene ring substituents is 1. The quantitative estimate of drug-likeness (QED) is 0.227. The van der Waals surface area contributed by atoms with Crippen molar-refractivity contribution in [2.24, 2.45) is 0 Å². The van der Waals surface area contributed by atoms with Crippen LogP contribution in [0, 0.1) is 17.0 Å². The predicted octanol–water partition coefficient (Wildman–Crippen LogP) is 2.82. The number of aryl methyl sites for hydroxylation is 1. The molecule has 0 saturated carbocycles. The molecule has 0 bridgehead atoms. The third-order valence-corrected chi connectivity index (χ3v) is 9.50. The third kappa shape index (κ3) is 7.46. The van der Waals surface area contributed by atoms with E-state index < -0.39 is 36.9 Å². The van der Waals surface area contributed by atoms with Crippen molar-refractivity contribution in [2.45, 2.75) is 50.5 Å². The number of amides is 1. The van der Waals surface area contributed by atoms with Gasteiger partial charge >= 0.3 is 0 Å². The summed E-state index contributed by atoms with van der Waals surface area (Å²) in [6, 6.07) is 8.77. The van der Waals surface area contributed by atoms with Gasteiger partial charge in [-0.2, -0.15) is 4.31 Å². The normalized spacial score (nSPS) is 15.4. The van der Waals surface area contributed by atoms with E-state index in [1.165, 1.54) is 28.6 Å². The molecule has 1 aliphatic heterocycles. The van der Waals surface area contributed by atoms with Crippen LogP contribution in [0.1, 0.15) is 38.2 Å². The van der Waals surface area contributed by atoms with E-state index in [1.54, 1.807) is 26.0 Å². The number of hydrogen-bond donors (Lipinski definition) is 1. The molecule has 0 aromatic heterocycles. The Bertz CT molecular complexity index is 1390. The van der Waals surface area contributed by atoms with Crippen LogP contribution in [-0.4, -0.2) is 70.5 Å². The summed E-state index contributed by atoms with van der Waals surface area (Å²) in [6.07, 6.45) is 3.78. The largest absolute Gasteiger partial charge is 0.492 e. The van der Waals surface area contributed by atoms with E-state index in [-0.39, 0.29) is 35.8 Å². The summed E-state index contributed by atoms with van der Waals surface area (Å²) >= 11 is 0. The average molecular weight is 583 g/mol. The van der Waals surface area contributed by atoms with Gasteiger partial charge in [-0.3, -0.25) is 19.2 Å². The minimum absolute atomic E-state index is 0.0503. The number of rotatable bonds is 12. The lowest BCUT2D eigenvalue weighted by Gasteiger charge is -2.31. The zero-order valence-electron chi connectivity index (χ0n) is 22.2. The third-order valence-electron chi connectivity index (χ3n) is 6.42. The molecule has 39 heavy (non-hydrogen) atoms. The fourth-order valence-corrected chi connectivity index (χ4v) is 7.19. The van der Waals surface area contributed by atoms with Crippen molar-refractivity contribution in [1.29, 1.82) is 0 Å². The fraction of sp³-hybridized carbons (Fsp3) is 0.480. The van der Waals surface area contributed by atoms with Crippen LogP contribution < -0.4 is 14.4 Å². The SMILES string of the molecule is CCC(C(=O)NCCOc1ccc(S(=O)(=O)N2CCCCC2)cc1)N(c1cc([N+](=O)[O-])ccc1C)S(C)(=O)=O. The number of piperidine rings is 1. The first-order chi connectivity index (χ1) is 18.4.